The van der Waals surface area contributed by atoms with Crippen LogP contribution in [-0.2, 0) is 9.59 Å². The molecule has 6 nitrogen and oxygen atoms in total. The van der Waals surface area contributed by atoms with Crippen molar-refractivity contribution in [3.8, 4) is 5.88 Å². The number of rotatable bonds is 4. The summed E-state index contributed by atoms with van der Waals surface area (Å²) in [6.07, 6.45) is 1.52. The molecule has 1 saturated heterocycles. The quantitative estimate of drug-likeness (QED) is 0.839. The SMILES string of the molecule is Cc1ccc(OC2CCN(CC(=O)O)C2=O)nc1. The molecule has 0 aromatic carbocycles. The highest BCUT2D eigenvalue weighted by Gasteiger charge is 2.34. The van der Waals surface area contributed by atoms with Crippen LogP contribution in [0.3, 0.4) is 0 Å². The molecule has 1 N–H and O–H groups in total. The number of likely N-dealkylation sites (tertiary alicyclic amines) is 1. The summed E-state index contributed by atoms with van der Waals surface area (Å²) in [4.78, 5) is 27.7. The van der Waals surface area contributed by atoms with Crippen LogP contribution >= 0.6 is 0 Å². The van der Waals surface area contributed by atoms with Crippen molar-refractivity contribution >= 4 is 11.9 Å². The van der Waals surface area contributed by atoms with Crippen molar-refractivity contribution in [2.24, 2.45) is 0 Å². The Morgan fingerprint density at radius 1 is 1.61 bits per heavy atom. The van der Waals surface area contributed by atoms with Gasteiger partial charge >= 0.3 is 5.97 Å². The molecule has 6 heteroatoms. The van der Waals surface area contributed by atoms with Crippen LogP contribution in [0.15, 0.2) is 18.3 Å². The number of hydrogen-bond acceptors (Lipinski definition) is 4. The molecule has 1 atom stereocenters. The lowest BCUT2D eigenvalue weighted by Gasteiger charge is -2.14. The van der Waals surface area contributed by atoms with E-state index < -0.39 is 12.1 Å². The number of aromatic nitrogens is 1. The van der Waals surface area contributed by atoms with Gasteiger partial charge in [0.1, 0.15) is 6.54 Å². The molecule has 0 radical (unpaired) electrons. The van der Waals surface area contributed by atoms with Crippen molar-refractivity contribution in [2.45, 2.75) is 19.4 Å². The summed E-state index contributed by atoms with van der Waals surface area (Å²) in [5, 5.41) is 8.65. The van der Waals surface area contributed by atoms with Crippen LogP contribution in [0.4, 0.5) is 0 Å². The van der Waals surface area contributed by atoms with E-state index in [1.54, 1.807) is 12.3 Å². The molecule has 0 saturated carbocycles. The first-order valence-electron chi connectivity index (χ1n) is 5.66. The number of aryl methyl sites for hydroxylation is 1. The van der Waals surface area contributed by atoms with E-state index >= 15 is 0 Å². The first kappa shape index (κ1) is 12.3. The minimum atomic E-state index is -1.02. The van der Waals surface area contributed by atoms with E-state index in [2.05, 4.69) is 4.98 Å². The summed E-state index contributed by atoms with van der Waals surface area (Å²) in [6.45, 7) is 2.04. The van der Waals surface area contributed by atoms with E-state index in [9.17, 15) is 9.59 Å². The first-order valence-corrected chi connectivity index (χ1v) is 5.66. The molecule has 1 fully saturated rings. The van der Waals surface area contributed by atoms with Crippen molar-refractivity contribution in [1.82, 2.24) is 9.88 Å². The molecular formula is C12H14N2O4. The van der Waals surface area contributed by atoms with Gasteiger partial charge in [-0.3, -0.25) is 9.59 Å². The second-order valence-electron chi connectivity index (χ2n) is 4.22. The third kappa shape index (κ3) is 2.77. The smallest absolute Gasteiger partial charge is 0.323 e. The molecule has 2 rings (SSSR count). The lowest BCUT2D eigenvalue weighted by Crippen LogP contribution is -2.35. The van der Waals surface area contributed by atoms with E-state index in [1.807, 2.05) is 13.0 Å². The lowest BCUT2D eigenvalue weighted by atomic mass is 10.3. The zero-order chi connectivity index (χ0) is 13.1. The summed E-state index contributed by atoms with van der Waals surface area (Å²) in [7, 11) is 0. The average molecular weight is 250 g/mol. The van der Waals surface area contributed by atoms with Crippen LogP contribution in [0, 0.1) is 6.92 Å². The van der Waals surface area contributed by atoms with Crippen molar-refractivity contribution in [3.63, 3.8) is 0 Å². The maximum atomic E-state index is 11.8. The first-order chi connectivity index (χ1) is 8.56. The molecule has 1 unspecified atom stereocenters. The summed E-state index contributed by atoms with van der Waals surface area (Å²) in [6, 6.07) is 3.54. The maximum absolute atomic E-state index is 11.8. The number of ether oxygens (including phenoxy) is 1. The second kappa shape index (κ2) is 5.03. The van der Waals surface area contributed by atoms with Crippen LogP contribution in [0.5, 0.6) is 5.88 Å². The highest BCUT2D eigenvalue weighted by atomic mass is 16.5. The summed E-state index contributed by atoms with van der Waals surface area (Å²) in [5.74, 6) is -0.923. The standard InChI is InChI=1S/C12H14N2O4/c1-8-2-3-10(13-6-8)18-9-4-5-14(12(9)17)7-11(15)16/h2-3,6,9H,4-5,7H2,1H3,(H,15,16). The molecule has 1 amide bonds. The largest absolute Gasteiger partial charge is 0.480 e. The van der Waals surface area contributed by atoms with E-state index in [0.717, 1.165) is 5.56 Å². The zero-order valence-electron chi connectivity index (χ0n) is 10.00. The van der Waals surface area contributed by atoms with Crippen molar-refractivity contribution < 1.29 is 19.4 Å². The van der Waals surface area contributed by atoms with Crippen molar-refractivity contribution in [1.29, 1.82) is 0 Å². The summed E-state index contributed by atoms with van der Waals surface area (Å²) >= 11 is 0. The second-order valence-corrected chi connectivity index (χ2v) is 4.22. The average Bonchev–Trinajstić information content (AvgIpc) is 2.64. The Morgan fingerprint density at radius 3 is 3.00 bits per heavy atom. The van der Waals surface area contributed by atoms with E-state index in [0.29, 0.717) is 18.8 Å². The van der Waals surface area contributed by atoms with Gasteiger partial charge in [0.25, 0.3) is 5.91 Å². The van der Waals surface area contributed by atoms with Crippen molar-refractivity contribution in [3.05, 3.63) is 23.9 Å². The number of carboxylic acids is 1. The maximum Gasteiger partial charge on any atom is 0.323 e. The third-order valence-corrected chi connectivity index (χ3v) is 2.72. The number of aliphatic carboxylic acids is 1. The van der Waals surface area contributed by atoms with E-state index in [4.69, 9.17) is 9.84 Å². The van der Waals surface area contributed by atoms with E-state index in [-0.39, 0.29) is 12.5 Å². The molecule has 1 aromatic rings. The van der Waals surface area contributed by atoms with Crippen LogP contribution in [0.2, 0.25) is 0 Å². The fourth-order valence-corrected chi connectivity index (χ4v) is 1.81. The lowest BCUT2D eigenvalue weighted by molar-refractivity contribution is -0.144. The fraction of sp³-hybridized carbons (Fsp3) is 0.417. The van der Waals surface area contributed by atoms with Gasteiger partial charge in [0.2, 0.25) is 5.88 Å². The molecular weight excluding hydrogens is 236 g/mol. The molecule has 0 spiro atoms. The summed E-state index contributed by atoms with van der Waals surface area (Å²) < 4.78 is 5.46. The van der Waals surface area contributed by atoms with Gasteiger partial charge < -0.3 is 14.7 Å². The topological polar surface area (TPSA) is 79.7 Å². The van der Waals surface area contributed by atoms with E-state index in [1.165, 1.54) is 4.90 Å². The Kier molecular flexibility index (Phi) is 3.45. The van der Waals surface area contributed by atoms with Gasteiger partial charge in [-0.15, -0.1) is 0 Å². The highest BCUT2D eigenvalue weighted by molar-refractivity contribution is 5.86. The molecule has 0 aliphatic carbocycles. The Bertz CT molecular complexity index is 458. The molecule has 2 heterocycles. The molecule has 96 valence electrons. The fourth-order valence-electron chi connectivity index (χ4n) is 1.81. The Labute approximate surface area is 104 Å². The predicted molar refractivity (Wildman–Crippen MR) is 62.2 cm³/mol. The zero-order valence-corrected chi connectivity index (χ0v) is 10.00. The van der Waals surface area contributed by atoms with Crippen LogP contribution in [0.25, 0.3) is 0 Å². The number of hydrogen-bond donors (Lipinski definition) is 1. The van der Waals surface area contributed by atoms with Crippen LogP contribution in [-0.4, -0.2) is 46.1 Å². The molecule has 1 aromatic heterocycles. The number of amides is 1. The Hall–Kier alpha value is -2.11. The van der Waals surface area contributed by atoms with Crippen molar-refractivity contribution in [2.75, 3.05) is 13.1 Å². The summed E-state index contributed by atoms with van der Waals surface area (Å²) in [5.41, 5.74) is 1.01. The normalized spacial score (nSPS) is 19.1. The number of pyridine rings is 1. The third-order valence-electron chi connectivity index (χ3n) is 2.72. The number of carbonyl (C=O) groups excluding carboxylic acids is 1. The van der Waals surface area contributed by atoms with Gasteiger partial charge in [-0.1, -0.05) is 6.07 Å². The van der Waals surface area contributed by atoms with Gasteiger partial charge in [0, 0.05) is 25.2 Å². The monoisotopic (exact) mass is 250 g/mol. The van der Waals surface area contributed by atoms with Gasteiger partial charge in [-0.25, -0.2) is 4.98 Å². The van der Waals surface area contributed by atoms with Gasteiger partial charge in [0.15, 0.2) is 6.10 Å². The molecule has 18 heavy (non-hydrogen) atoms. The molecule has 1 aliphatic heterocycles. The van der Waals surface area contributed by atoms with Gasteiger partial charge in [0.05, 0.1) is 0 Å². The van der Waals surface area contributed by atoms with Gasteiger partial charge in [-0.05, 0) is 12.5 Å². The number of nitrogens with zero attached hydrogens (tertiary/aromatic N) is 2. The number of carbonyl (C=O) groups is 2. The molecule has 1 aliphatic rings. The highest BCUT2D eigenvalue weighted by Crippen LogP contribution is 2.17. The number of carboxylic acid groups (broad SMARTS) is 1. The van der Waals surface area contributed by atoms with Crippen LogP contribution in [0.1, 0.15) is 12.0 Å². The Morgan fingerprint density at radius 2 is 2.39 bits per heavy atom. The predicted octanol–water partition coefficient (Wildman–Crippen LogP) is 0.454. The van der Waals surface area contributed by atoms with Crippen LogP contribution < -0.4 is 4.74 Å². The molecule has 0 bridgehead atoms. The minimum absolute atomic E-state index is 0.278. The minimum Gasteiger partial charge on any atom is -0.480 e. The van der Waals surface area contributed by atoms with Gasteiger partial charge in [-0.2, -0.15) is 0 Å². The Balaban J connectivity index is 1.97.